The van der Waals surface area contributed by atoms with E-state index in [1.165, 1.54) is 11.0 Å². The molecule has 2 amide bonds. The number of carbonyl (C=O) groups is 5. The molecule has 0 bridgehead atoms. The number of hydrogen-bond donors (Lipinski definition) is 6. The van der Waals surface area contributed by atoms with Gasteiger partial charge in [0.25, 0.3) is 5.91 Å². The zero-order valence-electron chi connectivity index (χ0n) is 26.8. The van der Waals surface area contributed by atoms with E-state index in [0.29, 0.717) is 17.7 Å². The van der Waals surface area contributed by atoms with Crippen LogP contribution in [0.5, 0.6) is 5.75 Å². The van der Waals surface area contributed by atoms with Crippen molar-refractivity contribution < 1.29 is 53.9 Å². The van der Waals surface area contributed by atoms with Gasteiger partial charge in [-0.1, -0.05) is 6.92 Å². The van der Waals surface area contributed by atoms with Gasteiger partial charge >= 0.3 is 12.1 Å². The number of phenolic OH excluding ortho intramolecular Hbond substituents is 1. The molecule has 0 fully saturated rings. The number of Topliss-reactive ketones (excluding diaryl/α,β-unsaturated/α-hetero) is 2. The molecule has 1 aromatic rings. The van der Waals surface area contributed by atoms with Gasteiger partial charge < -0.3 is 40.5 Å². The van der Waals surface area contributed by atoms with Gasteiger partial charge in [0.2, 0.25) is 12.6 Å². The number of hydrogen-bond acceptors (Lipinski definition) is 13. The van der Waals surface area contributed by atoms with E-state index in [1.54, 1.807) is 53.9 Å². The van der Waals surface area contributed by atoms with Crippen LogP contribution in [0, 0.1) is 17.3 Å². The van der Waals surface area contributed by atoms with Crippen LogP contribution >= 0.6 is 0 Å². The second kappa shape index (κ2) is 11.9. The quantitative estimate of drug-likeness (QED) is 0.103. The van der Waals surface area contributed by atoms with Crippen molar-refractivity contribution in [1.29, 1.82) is 0 Å². The number of aliphatic hydroxyl groups is 3. The minimum absolute atomic E-state index is 0.0590. The van der Waals surface area contributed by atoms with Gasteiger partial charge in [-0.3, -0.25) is 29.4 Å². The SMILES string of the molecule is CCC(C)(C)C(=O)OCOC(=O)Nc1cc(N(C)C)c2c(c1O)C(=O)C1=C(O)[C@]3(O)C(=O)C(C(N)=O)=C(O)[C@@H](N(C)C)[C@@H]3C[C@@H]1C2. The number of nitrogens with one attached hydrogen (secondary N) is 1. The van der Waals surface area contributed by atoms with Gasteiger partial charge in [-0.15, -0.1) is 0 Å². The standard InChI is InChI=1S/C31H40N4O11/c1-8-30(2,3)28(42)45-12-46-29(43)33-16-11-17(34(4)5)14-9-13-10-15-21(35(6)7)24(38)20(27(32)41)26(40)31(15,44)25(39)18(13)23(37)19(14)22(16)36/h11,13,15,21,36,38-39,44H,8-10,12H2,1-7H3,(H2,32,41)(H,33,43)/t13-,15-,21-,31-/m0/s1. The van der Waals surface area contributed by atoms with Crippen LogP contribution in [0.25, 0.3) is 0 Å². The Hall–Kier alpha value is -4.63. The smallest absolute Gasteiger partial charge is 0.414 e. The number of phenols is 1. The molecule has 0 saturated carbocycles. The van der Waals surface area contributed by atoms with E-state index < -0.39 is 88.1 Å². The number of aromatic hydroxyl groups is 1. The molecule has 250 valence electrons. The number of likely N-dealkylation sites (N-methyl/N-ethyl adjacent to an activating group) is 1. The van der Waals surface area contributed by atoms with Crippen molar-refractivity contribution in [2.24, 2.45) is 23.0 Å². The number of nitrogens with two attached hydrogens (primary N) is 1. The highest BCUT2D eigenvalue weighted by atomic mass is 16.7. The average molecular weight is 645 g/mol. The molecule has 0 aromatic heterocycles. The van der Waals surface area contributed by atoms with Gasteiger partial charge in [0, 0.05) is 31.3 Å². The first-order chi connectivity index (χ1) is 21.3. The summed E-state index contributed by atoms with van der Waals surface area (Å²) >= 11 is 0. The molecule has 46 heavy (non-hydrogen) atoms. The van der Waals surface area contributed by atoms with Crippen LogP contribution in [0.15, 0.2) is 28.7 Å². The fourth-order valence-corrected chi connectivity index (χ4v) is 6.42. The highest BCUT2D eigenvalue weighted by Crippen LogP contribution is 2.54. The molecule has 4 atom stereocenters. The minimum atomic E-state index is -2.78. The number of benzene rings is 1. The number of amides is 2. The number of nitrogens with zero attached hydrogens (tertiary/aromatic N) is 2. The summed E-state index contributed by atoms with van der Waals surface area (Å²) in [7, 11) is 6.44. The number of aliphatic hydroxyl groups excluding tert-OH is 2. The summed E-state index contributed by atoms with van der Waals surface area (Å²) in [6, 6.07) is 0.306. The number of ether oxygens (including phenoxy) is 2. The second-order valence-corrected chi connectivity index (χ2v) is 12.8. The monoisotopic (exact) mass is 644 g/mol. The maximum absolute atomic E-state index is 14.1. The first kappa shape index (κ1) is 34.2. The van der Waals surface area contributed by atoms with Gasteiger partial charge in [0.15, 0.2) is 17.1 Å². The van der Waals surface area contributed by atoms with Crippen molar-refractivity contribution in [2.75, 3.05) is 45.2 Å². The van der Waals surface area contributed by atoms with E-state index in [-0.39, 0.29) is 29.7 Å². The average Bonchev–Trinajstić information content (AvgIpc) is 2.95. The molecule has 0 spiro atoms. The fourth-order valence-electron chi connectivity index (χ4n) is 6.42. The number of ketones is 2. The molecular formula is C31H40N4O11. The highest BCUT2D eigenvalue weighted by molar-refractivity contribution is 6.25. The first-order valence-electron chi connectivity index (χ1n) is 14.6. The third-order valence-corrected chi connectivity index (χ3v) is 9.23. The summed E-state index contributed by atoms with van der Waals surface area (Å²) in [4.78, 5) is 67.6. The van der Waals surface area contributed by atoms with Crippen LogP contribution in [-0.2, 0) is 30.3 Å². The number of allylic oxidation sites excluding steroid dienone is 1. The predicted molar refractivity (Wildman–Crippen MR) is 163 cm³/mol. The lowest BCUT2D eigenvalue weighted by Gasteiger charge is -2.50. The molecule has 0 aliphatic heterocycles. The van der Waals surface area contributed by atoms with Gasteiger partial charge in [0.1, 0.15) is 17.1 Å². The van der Waals surface area contributed by atoms with Crippen molar-refractivity contribution in [3.8, 4) is 5.75 Å². The van der Waals surface area contributed by atoms with E-state index >= 15 is 0 Å². The van der Waals surface area contributed by atoms with Gasteiger partial charge in [0.05, 0.1) is 22.7 Å². The molecule has 7 N–H and O–H groups in total. The topological polar surface area (TPSA) is 229 Å². The van der Waals surface area contributed by atoms with Crippen LogP contribution in [0.2, 0.25) is 0 Å². The summed E-state index contributed by atoms with van der Waals surface area (Å²) in [6.45, 7) is 4.44. The normalized spacial score (nSPS) is 24.2. The second-order valence-electron chi connectivity index (χ2n) is 12.8. The molecule has 1 aromatic carbocycles. The Morgan fingerprint density at radius 2 is 1.74 bits per heavy atom. The molecule has 3 aliphatic carbocycles. The Morgan fingerprint density at radius 3 is 2.28 bits per heavy atom. The zero-order chi connectivity index (χ0) is 34.6. The number of primary amides is 1. The Labute approximate surface area is 265 Å². The first-order valence-corrected chi connectivity index (χ1v) is 14.6. The molecule has 15 heteroatoms. The Morgan fingerprint density at radius 1 is 1.11 bits per heavy atom. The predicted octanol–water partition coefficient (Wildman–Crippen LogP) is 1.67. The Kier molecular flexibility index (Phi) is 8.89. The van der Waals surface area contributed by atoms with E-state index in [9.17, 15) is 44.4 Å². The van der Waals surface area contributed by atoms with Crippen LogP contribution in [-0.4, -0.2) is 101 Å². The van der Waals surface area contributed by atoms with E-state index in [2.05, 4.69) is 5.32 Å². The van der Waals surface area contributed by atoms with Gasteiger partial charge in [-0.05, 0) is 64.8 Å². The number of esters is 1. The van der Waals surface area contributed by atoms with Gasteiger partial charge in [-0.2, -0.15) is 0 Å². The summed E-state index contributed by atoms with van der Waals surface area (Å²) in [6.07, 6.45) is -0.625. The van der Waals surface area contributed by atoms with Crippen molar-refractivity contribution in [1.82, 2.24) is 4.90 Å². The highest BCUT2D eigenvalue weighted by Gasteiger charge is 2.63. The lowest BCUT2D eigenvalue weighted by atomic mass is 9.58. The molecule has 0 saturated heterocycles. The Bertz CT molecular complexity index is 1590. The maximum atomic E-state index is 14.1. The number of anilines is 2. The summed E-state index contributed by atoms with van der Waals surface area (Å²) in [5.41, 5.74) is 0.812. The summed E-state index contributed by atoms with van der Waals surface area (Å²) in [5, 5.41) is 47.8. The molecule has 3 aliphatic rings. The lowest BCUT2D eigenvalue weighted by molar-refractivity contribution is -0.162. The molecule has 0 radical (unpaired) electrons. The lowest BCUT2D eigenvalue weighted by Crippen LogP contribution is -2.63. The van der Waals surface area contributed by atoms with E-state index in [4.69, 9.17) is 15.2 Å². The van der Waals surface area contributed by atoms with Crippen molar-refractivity contribution in [3.63, 3.8) is 0 Å². The van der Waals surface area contributed by atoms with Crippen molar-refractivity contribution >= 4 is 40.9 Å². The maximum Gasteiger partial charge on any atom is 0.414 e. The zero-order valence-corrected chi connectivity index (χ0v) is 26.8. The third-order valence-electron chi connectivity index (χ3n) is 9.23. The van der Waals surface area contributed by atoms with Crippen LogP contribution in [0.1, 0.15) is 49.5 Å². The summed E-state index contributed by atoms with van der Waals surface area (Å²) < 4.78 is 9.95. The molecule has 15 nitrogen and oxygen atoms in total. The van der Waals surface area contributed by atoms with Crippen molar-refractivity contribution in [3.05, 3.63) is 39.9 Å². The minimum Gasteiger partial charge on any atom is -0.510 e. The third kappa shape index (κ3) is 5.32. The van der Waals surface area contributed by atoms with Gasteiger partial charge in [-0.25, -0.2) is 4.79 Å². The fraction of sp³-hybridized carbons (Fsp3) is 0.516. The van der Waals surface area contributed by atoms with Crippen molar-refractivity contribution in [2.45, 2.75) is 51.7 Å². The van der Waals surface area contributed by atoms with Crippen LogP contribution < -0.4 is 16.0 Å². The molecule has 0 heterocycles. The van der Waals surface area contributed by atoms with Crippen LogP contribution in [0.4, 0.5) is 16.2 Å². The summed E-state index contributed by atoms with van der Waals surface area (Å²) in [5.74, 6) is -8.43. The largest absolute Gasteiger partial charge is 0.510 e. The number of rotatable bonds is 8. The number of fused-ring (bicyclic) bond motifs is 3. The molecule has 4 rings (SSSR count). The van der Waals surface area contributed by atoms with E-state index in [0.717, 1.165) is 0 Å². The Balaban J connectivity index is 1.76. The molecule has 0 unspecified atom stereocenters. The molecular weight excluding hydrogens is 604 g/mol. The van der Waals surface area contributed by atoms with E-state index in [1.807, 2.05) is 0 Å². The van der Waals surface area contributed by atoms with Crippen LogP contribution in [0.3, 0.4) is 0 Å². The number of carbonyl (C=O) groups excluding carboxylic acids is 5.